The molecule has 0 aliphatic heterocycles. The molecule has 2 rings (SSSR count). The van der Waals surface area contributed by atoms with Gasteiger partial charge in [-0.1, -0.05) is 0 Å². The Kier molecular flexibility index (Phi) is 2.66. The molecule has 1 amide bonds. The van der Waals surface area contributed by atoms with Crippen LogP contribution in [0, 0.1) is 0 Å². The molecule has 1 saturated carbocycles. The number of carbonyl (C=O) groups is 1. The highest BCUT2D eigenvalue weighted by atomic mass is 16.2. The first-order valence-corrected chi connectivity index (χ1v) is 4.85. The van der Waals surface area contributed by atoms with Crippen LogP contribution in [-0.4, -0.2) is 28.5 Å². The molecule has 0 bridgehead atoms. The first kappa shape index (κ1) is 9.70. The van der Waals surface area contributed by atoms with Gasteiger partial charge in [-0.15, -0.1) is 0 Å². The average Bonchev–Trinajstić information content (AvgIpc) is 2.99. The van der Waals surface area contributed by atoms with Gasteiger partial charge in [0.25, 0.3) is 0 Å². The number of nitrogens with two attached hydrogens (primary N) is 1. The molecule has 15 heavy (non-hydrogen) atoms. The van der Waals surface area contributed by atoms with Gasteiger partial charge in [-0.25, -0.2) is 9.97 Å². The number of amides is 1. The van der Waals surface area contributed by atoms with Crippen molar-refractivity contribution >= 4 is 17.5 Å². The Labute approximate surface area is 87.3 Å². The van der Waals surface area contributed by atoms with E-state index in [4.69, 9.17) is 5.73 Å². The number of hydrogen-bond donors (Lipinski definition) is 3. The van der Waals surface area contributed by atoms with Crippen LogP contribution < -0.4 is 16.4 Å². The van der Waals surface area contributed by atoms with Crippen molar-refractivity contribution in [2.24, 2.45) is 0 Å². The lowest BCUT2D eigenvalue weighted by Crippen LogP contribution is -2.31. The van der Waals surface area contributed by atoms with E-state index in [-0.39, 0.29) is 12.5 Å². The van der Waals surface area contributed by atoms with Crippen LogP contribution >= 0.6 is 0 Å². The summed E-state index contributed by atoms with van der Waals surface area (Å²) in [6, 6.07) is 1.97. The largest absolute Gasteiger partial charge is 0.384 e. The predicted molar refractivity (Wildman–Crippen MR) is 56.1 cm³/mol. The average molecular weight is 207 g/mol. The second-order valence-corrected chi connectivity index (χ2v) is 3.52. The number of carbonyl (C=O) groups excluding carboxylic acids is 1. The predicted octanol–water partition coefficient (Wildman–Crippen LogP) is -0.251. The first-order chi connectivity index (χ1) is 7.24. The van der Waals surface area contributed by atoms with Crippen molar-refractivity contribution in [2.75, 3.05) is 17.6 Å². The van der Waals surface area contributed by atoms with Gasteiger partial charge in [0.1, 0.15) is 18.0 Å². The number of nitrogen functional groups attached to an aromatic ring is 1. The quantitative estimate of drug-likeness (QED) is 0.633. The summed E-state index contributed by atoms with van der Waals surface area (Å²) >= 11 is 0. The Morgan fingerprint density at radius 1 is 1.53 bits per heavy atom. The second kappa shape index (κ2) is 4.12. The maximum atomic E-state index is 11.3. The zero-order chi connectivity index (χ0) is 10.7. The minimum Gasteiger partial charge on any atom is -0.384 e. The summed E-state index contributed by atoms with van der Waals surface area (Å²) < 4.78 is 0. The van der Waals surface area contributed by atoms with Crippen molar-refractivity contribution in [1.29, 1.82) is 0 Å². The zero-order valence-corrected chi connectivity index (χ0v) is 8.23. The number of anilines is 2. The van der Waals surface area contributed by atoms with E-state index >= 15 is 0 Å². The molecule has 1 aliphatic rings. The summed E-state index contributed by atoms with van der Waals surface area (Å²) in [7, 11) is 0. The lowest BCUT2D eigenvalue weighted by molar-refractivity contribution is -0.119. The topological polar surface area (TPSA) is 92.9 Å². The Bertz CT molecular complexity index is 363. The zero-order valence-electron chi connectivity index (χ0n) is 8.23. The van der Waals surface area contributed by atoms with Gasteiger partial charge in [0.05, 0.1) is 6.54 Å². The third-order valence-corrected chi connectivity index (χ3v) is 2.06. The van der Waals surface area contributed by atoms with Gasteiger partial charge in [-0.2, -0.15) is 0 Å². The van der Waals surface area contributed by atoms with Crippen molar-refractivity contribution in [3.63, 3.8) is 0 Å². The molecular weight excluding hydrogens is 194 g/mol. The fourth-order valence-electron chi connectivity index (χ4n) is 1.15. The van der Waals surface area contributed by atoms with Gasteiger partial charge in [0, 0.05) is 12.1 Å². The molecule has 0 unspecified atom stereocenters. The number of nitrogens with zero attached hydrogens (tertiary/aromatic N) is 2. The molecule has 6 heteroatoms. The molecule has 1 aliphatic carbocycles. The van der Waals surface area contributed by atoms with Gasteiger partial charge in [-0.3, -0.25) is 4.79 Å². The van der Waals surface area contributed by atoms with Crippen LogP contribution in [0.25, 0.3) is 0 Å². The van der Waals surface area contributed by atoms with Crippen molar-refractivity contribution in [3.05, 3.63) is 12.4 Å². The van der Waals surface area contributed by atoms with Crippen LogP contribution in [-0.2, 0) is 4.79 Å². The van der Waals surface area contributed by atoms with Crippen LogP contribution in [0.15, 0.2) is 12.4 Å². The number of hydrogen-bond acceptors (Lipinski definition) is 5. The molecule has 0 aromatic carbocycles. The van der Waals surface area contributed by atoms with Crippen LogP contribution in [0.4, 0.5) is 11.6 Å². The van der Waals surface area contributed by atoms with Crippen molar-refractivity contribution in [2.45, 2.75) is 18.9 Å². The van der Waals surface area contributed by atoms with Gasteiger partial charge >= 0.3 is 0 Å². The molecule has 0 spiro atoms. The van der Waals surface area contributed by atoms with Crippen LogP contribution in [0.1, 0.15) is 12.8 Å². The highest BCUT2D eigenvalue weighted by Crippen LogP contribution is 2.18. The van der Waals surface area contributed by atoms with Crippen LogP contribution in [0.2, 0.25) is 0 Å². The smallest absolute Gasteiger partial charge is 0.239 e. The summed E-state index contributed by atoms with van der Waals surface area (Å²) in [5, 5.41) is 5.74. The van der Waals surface area contributed by atoms with Gasteiger partial charge in [-0.05, 0) is 12.8 Å². The molecule has 1 aromatic rings. The highest BCUT2D eigenvalue weighted by molar-refractivity contribution is 5.81. The molecule has 6 nitrogen and oxygen atoms in total. The fourth-order valence-corrected chi connectivity index (χ4v) is 1.15. The Morgan fingerprint density at radius 2 is 2.33 bits per heavy atom. The Morgan fingerprint density at radius 3 is 3.00 bits per heavy atom. The minimum absolute atomic E-state index is 0.0188. The van der Waals surface area contributed by atoms with Crippen molar-refractivity contribution in [3.8, 4) is 0 Å². The maximum absolute atomic E-state index is 11.3. The van der Waals surface area contributed by atoms with E-state index < -0.39 is 0 Å². The molecule has 1 heterocycles. The lowest BCUT2D eigenvalue weighted by atomic mass is 10.5. The van der Waals surface area contributed by atoms with E-state index in [0.717, 1.165) is 12.8 Å². The van der Waals surface area contributed by atoms with Gasteiger partial charge < -0.3 is 16.4 Å². The fraction of sp³-hybridized carbons (Fsp3) is 0.444. The first-order valence-electron chi connectivity index (χ1n) is 4.85. The van der Waals surface area contributed by atoms with E-state index in [1.165, 1.54) is 6.33 Å². The molecule has 1 fully saturated rings. The Balaban J connectivity index is 1.78. The lowest BCUT2D eigenvalue weighted by Gasteiger charge is -2.05. The molecule has 80 valence electrons. The Hall–Kier alpha value is -1.85. The van der Waals surface area contributed by atoms with Crippen LogP contribution in [0.5, 0.6) is 0 Å². The van der Waals surface area contributed by atoms with E-state index in [0.29, 0.717) is 17.7 Å². The second-order valence-electron chi connectivity index (χ2n) is 3.52. The van der Waals surface area contributed by atoms with Crippen molar-refractivity contribution < 1.29 is 4.79 Å². The van der Waals surface area contributed by atoms with E-state index in [2.05, 4.69) is 20.6 Å². The van der Waals surface area contributed by atoms with E-state index in [1.807, 2.05) is 0 Å². The standard InChI is InChI=1S/C9H13N5O/c10-7-3-8(13-5-12-7)11-4-9(15)14-6-1-2-6/h3,5-6H,1-2,4H2,(H,14,15)(H3,10,11,12,13). The molecule has 0 saturated heterocycles. The van der Waals surface area contributed by atoms with Crippen LogP contribution in [0.3, 0.4) is 0 Å². The molecule has 1 aromatic heterocycles. The summed E-state index contributed by atoms with van der Waals surface area (Å²) in [6.45, 7) is 0.215. The molecular formula is C9H13N5O. The summed E-state index contributed by atoms with van der Waals surface area (Å²) in [5.74, 6) is 0.929. The van der Waals surface area contributed by atoms with E-state index in [9.17, 15) is 4.79 Å². The maximum Gasteiger partial charge on any atom is 0.239 e. The third-order valence-electron chi connectivity index (χ3n) is 2.06. The van der Waals surface area contributed by atoms with E-state index in [1.54, 1.807) is 6.07 Å². The summed E-state index contributed by atoms with van der Waals surface area (Å²) in [6.07, 6.45) is 3.54. The number of nitrogens with one attached hydrogen (secondary N) is 2. The van der Waals surface area contributed by atoms with Gasteiger partial charge in [0.2, 0.25) is 5.91 Å². The molecule has 4 N–H and O–H groups in total. The number of rotatable bonds is 4. The monoisotopic (exact) mass is 207 g/mol. The summed E-state index contributed by atoms with van der Waals surface area (Å²) in [4.78, 5) is 19.0. The normalized spacial score (nSPS) is 14.7. The SMILES string of the molecule is Nc1cc(NCC(=O)NC2CC2)ncn1. The van der Waals surface area contributed by atoms with Gasteiger partial charge in [0.15, 0.2) is 0 Å². The molecule has 0 atom stereocenters. The summed E-state index contributed by atoms with van der Waals surface area (Å²) in [5.41, 5.74) is 5.46. The minimum atomic E-state index is -0.0188. The highest BCUT2D eigenvalue weighted by Gasteiger charge is 2.22. The van der Waals surface area contributed by atoms with Crippen molar-refractivity contribution in [1.82, 2.24) is 15.3 Å². The third kappa shape index (κ3) is 3.08. The number of aromatic nitrogens is 2. The molecule has 0 radical (unpaired) electrons.